The maximum Gasteiger partial charge on any atom is 0.0404 e. The predicted octanol–water partition coefficient (Wildman–Crippen LogP) is 2.28. The molecule has 1 rings (SSSR count). The van der Waals surface area contributed by atoms with E-state index >= 15 is 0 Å². The highest BCUT2D eigenvalue weighted by molar-refractivity contribution is 7.26. The van der Waals surface area contributed by atoms with E-state index in [-0.39, 0.29) is 0 Å². The number of hydrogen-bond acceptors (Lipinski definition) is 1. The monoisotopic (exact) mass is 125 g/mol. The number of rotatable bonds is 0. The van der Waals surface area contributed by atoms with Crippen LogP contribution in [-0.2, 0) is 0 Å². The molecule has 0 aliphatic carbocycles. The van der Waals surface area contributed by atoms with E-state index in [4.69, 9.17) is 0 Å². The summed E-state index contributed by atoms with van der Waals surface area (Å²) in [6.45, 7) is 4.14. The molecule has 1 aromatic rings. The Morgan fingerprint density at radius 1 is 1.50 bits per heavy atom. The van der Waals surface area contributed by atoms with Crippen LogP contribution in [0.5, 0.6) is 0 Å². The molecule has 0 N–H and O–H groups in total. The van der Waals surface area contributed by atoms with Gasteiger partial charge in [-0.2, -0.15) is 0 Å². The van der Waals surface area contributed by atoms with Crippen LogP contribution in [0.4, 0.5) is 0 Å². The van der Waals surface area contributed by atoms with E-state index in [1.165, 1.54) is 10.9 Å². The molecule has 0 unspecified atom stereocenters. The van der Waals surface area contributed by atoms with Gasteiger partial charge in [-0.05, 0) is 30.8 Å². The van der Waals surface area contributed by atoms with E-state index in [0.717, 1.165) is 8.35 Å². The second kappa shape index (κ2) is 2.23. The van der Waals surface area contributed by atoms with Crippen LogP contribution in [0, 0.1) is 13.8 Å². The first-order valence-corrected chi connectivity index (χ1v) is 3.40. The van der Waals surface area contributed by atoms with Crippen molar-refractivity contribution in [3.63, 3.8) is 0 Å². The minimum atomic E-state index is 1.10. The van der Waals surface area contributed by atoms with Crippen molar-refractivity contribution in [2.75, 3.05) is 0 Å². The minimum Gasteiger partial charge on any atom is -0.235 e. The molecule has 1 nitrogen and oxygen atoms in total. The van der Waals surface area contributed by atoms with Gasteiger partial charge < -0.3 is 0 Å². The SMILES string of the molecule is Cc1cnpc(C)c1. The van der Waals surface area contributed by atoms with Crippen molar-refractivity contribution >= 4 is 8.35 Å². The quantitative estimate of drug-likeness (QED) is 0.518. The molecule has 1 heterocycles. The molecule has 8 heavy (non-hydrogen) atoms. The Kier molecular flexibility index (Phi) is 1.59. The van der Waals surface area contributed by atoms with Gasteiger partial charge in [-0.15, -0.1) is 0 Å². The molecule has 0 aliphatic heterocycles. The predicted molar refractivity (Wildman–Crippen MR) is 36.2 cm³/mol. The van der Waals surface area contributed by atoms with Gasteiger partial charge in [0.15, 0.2) is 0 Å². The van der Waals surface area contributed by atoms with Crippen molar-refractivity contribution in [3.05, 3.63) is 23.1 Å². The Morgan fingerprint density at radius 3 is 2.62 bits per heavy atom. The molecule has 0 amide bonds. The van der Waals surface area contributed by atoms with Crippen LogP contribution in [-0.4, -0.2) is 4.75 Å². The van der Waals surface area contributed by atoms with Crippen molar-refractivity contribution in [1.29, 1.82) is 0 Å². The maximum atomic E-state index is 4.08. The fourth-order valence-electron chi connectivity index (χ4n) is 0.607. The summed E-state index contributed by atoms with van der Waals surface area (Å²) in [5.41, 5.74) is 1.25. The number of nitrogens with zero attached hydrogens (tertiary/aromatic N) is 1. The fourth-order valence-corrected chi connectivity index (χ4v) is 1.29. The van der Waals surface area contributed by atoms with E-state index in [9.17, 15) is 0 Å². The molecule has 0 spiro atoms. The molecule has 1 aromatic heterocycles. The lowest BCUT2D eigenvalue weighted by molar-refractivity contribution is 1.37. The lowest BCUT2D eigenvalue weighted by atomic mass is 10.3. The highest BCUT2D eigenvalue weighted by Gasteiger charge is 1.83. The molecule has 0 fully saturated rings. The Hall–Kier alpha value is -0.420. The summed E-state index contributed by atoms with van der Waals surface area (Å²) in [4.78, 5) is 0. The van der Waals surface area contributed by atoms with E-state index in [1.54, 1.807) is 0 Å². The molecule has 42 valence electrons. The van der Waals surface area contributed by atoms with E-state index in [1.807, 2.05) is 6.20 Å². The third-order valence-corrected chi connectivity index (χ3v) is 1.59. The third kappa shape index (κ3) is 1.28. The number of hydrogen-bond donors (Lipinski definition) is 0. The summed E-state index contributed by atoms with van der Waals surface area (Å²) < 4.78 is 4.08. The highest BCUT2D eigenvalue weighted by atomic mass is 31.0. The van der Waals surface area contributed by atoms with Crippen LogP contribution in [0.25, 0.3) is 0 Å². The third-order valence-electron chi connectivity index (χ3n) is 0.913. The van der Waals surface area contributed by atoms with E-state index in [2.05, 4.69) is 24.7 Å². The molecule has 0 saturated heterocycles. The van der Waals surface area contributed by atoms with Gasteiger partial charge >= 0.3 is 0 Å². The topological polar surface area (TPSA) is 12.9 Å². The van der Waals surface area contributed by atoms with Crippen LogP contribution in [0.3, 0.4) is 0 Å². The van der Waals surface area contributed by atoms with Gasteiger partial charge in [0.1, 0.15) is 0 Å². The van der Waals surface area contributed by atoms with E-state index < -0.39 is 0 Å². The Bertz CT molecular complexity index is 168. The van der Waals surface area contributed by atoms with Crippen molar-refractivity contribution in [2.24, 2.45) is 0 Å². The van der Waals surface area contributed by atoms with Gasteiger partial charge in [0.05, 0.1) is 0 Å². The minimum absolute atomic E-state index is 1.10. The Morgan fingerprint density at radius 2 is 2.25 bits per heavy atom. The van der Waals surface area contributed by atoms with Gasteiger partial charge in [0, 0.05) is 14.5 Å². The molecule has 0 bridgehead atoms. The summed E-state index contributed by atoms with van der Waals surface area (Å²) in [6, 6.07) is 2.15. The van der Waals surface area contributed by atoms with Gasteiger partial charge in [-0.25, -0.2) is 4.75 Å². The van der Waals surface area contributed by atoms with Crippen LogP contribution < -0.4 is 0 Å². The second-order valence-electron chi connectivity index (χ2n) is 1.87. The van der Waals surface area contributed by atoms with Crippen molar-refractivity contribution in [2.45, 2.75) is 13.8 Å². The highest BCUT2D eigenvalue weighted by Crippen LogP contribution is 2.08. The number of aromatic nitrogens is 1. The molecular formula is C6H8NP. The number of aryl methyl sites for hydroxylation is 2. The Labute approximate surface area is 50.9 Å². The first kappa shape index (κ1) is 5.71. The van der Waals surface area contributed by atoms with Crippen molar-refractivity contribution in [3.8, 4) is 0 Å². The van der Waals surface area contributed by atoms with Gasteiger partial charge in [-0.1, -0.05) is 0 Å². The summed E-state index contributed by atoms with van der Waals surface area (Å²) in [7, 11) is 1.10. The zero-order valence-corrected chi connectivity index (χ0v) is 5.94. The summed E-state index contributed by atoms with van der Waals surface area (Å²) in [6.07, 6.45) is 1.90. The normalized spacial score (nSPS) is 10.2. The van der Waals surface area contributed by atoms with Crippen LogP contribution in [0.1, 0.15) is 10.9 Å². The van der Waals surface area contributed by atoms with Gasteiger partial charge in [0.25, 0.3) is 0 Å². The van der Waals surface area contributed by atoms with Crippen LogP contribution in [0.15, 0.2) is 12.3 Å². The smallest absolute Gasteiger partial charge is 0.0404 e. The zero-order valence-electron chi connectivity index (χ0n) is 5.05. The first-order chi connectivity index (χ1) is 3.79. The molecule has 0 atom stereocenters. The summed E-state index contributed by atoms with van der Waals surface area (Å²) >= 11 is 0. The lowest BCUT2D eigenvalue weighted by Gasteiger charge is -1.88. The van der Waals surface area contributed by atoms with Gasteiger partial charge in [0.2, 0.25) is 0 Å². The average Bonchev–Trinajstić information content (AvgIpc) is 1.64. The molecule has 0 aliphatic rings. The summed E-state index contributed by atoms with van der Waals surface area (Å²) in [5, 5.41) is 1.32. The molecule has 2 heteroatoms. The molecular weight excluding hydrogens is 117 g/mol. The standard InChI is InChI=1S/C6H8NP/c1-5-3-6(2)8-7-4-5/h3-4H,1-2H3. The van der Waals surface area contributed by atoms with Crippen molar-refractivity contribution in [1.82, 2.24) is 4.75 Å². The zero-order chi connectivity index (χ0) is 5.98. The largest absolute Gasteiger partial charge is 0.235 e. The molecule has 0 saturated carbocycles. The van der Waals surface area contributed by atoms with Crippen LogP contribution in [0.2, 0.25) is 0 Å². The fraction of sp³-hybridized carbons (Fsp3) is 0.333. The maximum absolute atomic E-state index is 4.08. The van der Waals surface area contributed by atoms with Crippen molar-refractivity contribution < 1.29 is 0 Å². The molecule has 0 aromatic carbocycles. The van der Waals surface area contributed by atoms with Gasteiger partial charge in [-0.3, -0.25) is 0 Å². The van der Waals surface area contributed by atoms with Crippen LogP contribution >= 0.6 is 8.35 Å². The second-order valence-corrected chi connectivity index (χ2v) is 3.01. The first-order valence-electron chi connectivity index (χ1n) is 2.55. The van der Waals surface area contributed by atoms with E-state index in [0.29, 0.717) is 0 Å². The lowest BCUT2D eigenvalue weighted by Crippen LogP contribution is -1.70. The summed E-state index contributed by atoms with van der Waals surface area (Å²) in [5.74, 6) is 0. The average molecular weight is 125 g/mol. The molecule has 0 radical (unpaired) electrons. The Balaban J connectivity index is 3.08.